The molecule has 10 heteroatoms. The first kappa shape index (κ1) is 22.2. The first-order valence-electron chi connectivity index (χ1n) is 6.79. The molecule has 0 saturated heterocycles. The minimum absolute atomic E-state index is 0.0478. The van der Waals surface area contributed by atoms with E-state index < -0.39 is 36.4 Å². The van der Waals surface area contributed by atoms with Crippen molar-refractivity contribution in [2.24, 2.45) is 0 Å². The Morgan fingerprint density at radius 1 is 0.875 bits per heavy atom. The van der Waals surface area contributed by atoms with Gasteiger partial charge in [-0.2, -0.15) is 9.78 Å². The maximum Gasteiger partial charge on any atom is 0.311 e. The normalized spacial score (nSPS) is 15.7. The Balaban J connectivity index is 4.68. The van der Waals surface area contributed by atoms with Gasteiger partial charge in [0.2, 0.25) is 11.6 Å². The summed E-state index contributed by atoms with van der Waals surface area (Å²) in [6, 6.07) is 0. The molecule has 0 bridgehead atoms. The molecule has 0 aromatic rings. The molecule has 2 N–H and O–H groups in total. The van der Waals surface area contributed by atoms with Gasteiger partial charge < -0.3 is 9.47 Å². The maximum absolute atomic E-state index is 11.5. The zero-order valence-electron chi connectivity index (χ0n) is 13.6. The van der Waals surface area contributed by atoms with Crippen molar-refractivity contribution in [3.8, 4) is 0 Å². The van der Waals surface area contributed by atoms with Crippen molar-refractivity contribution in [3.63, 3.8) is 0 Å². The molecule has 2 atom stereocenters. The second kappa shape index (κ2) is 10.9. The van der Waals surface area contributed by atoms with Crippen LogP contribution in [0.1, 0.15) is 26.7 Å². The summed E-state index contributed by atoms with van der Waals surface area (Å²) in [5.74, 6) is -5.54. The highest BCUT2D eigenvalue weighted by Crippen LogP contribution is 2.24. The van der Waals surface area contributed by atoms with Crippen molar-refractivity contribution < 1.29 is 49.1 Å². The van der Waals surface area contributed by atoms with Crippen LogP contribution in [0.4, 0.5) is 0 Å². The molecule has 0 fully saturated rings. The summed E-state index contributed by atoms with van der Waals surface area (Å²) in [6.45, 7) is 8.94. The van der Waals surface area contributed by atoms with Crippen LogP contribution in [-0.4, -0.2) is 47.2 Å². The lowest BCUT2D eigenvalue weighted by molar-refractivity contribution is -0.564. The average molecular weight is 350 g/mol. The topological polar surface area (TPSA) is 130 Å². The minimum atomic E-state index is -1.98. The third-order valence-electron chi connectivity index (χ3n) is 2.44. The van der Waals surface area contributed by atoms with Crippen molar-refractivity contribution in [3.05, 3.63) is 25.3 Å². The zero-order valence-corrected chi connectivity index (χ0v) is 13.6. The van der Waals surface area contributed by atoms with E-state index in [1.54, 1.807) is 0 Å². The number of carbonyl (C=O) groups excluding carboxylic acids is 2. The van der Waals surface area contributed by atoms with Crippen LogP contribution in [0.3, 0.4) is 0 Å². The lowest BCUT2D eigenvalue weighted by Gasteiger charge is -2.29. The van der Waals surface area contributed by atoms with Crippen molar-refractivity contribution in [2.45, 2.75) is 38.3 Å². The molecule has 10 nitrogen and oxygen atoms in total. The van der Waals surface area contributed by atoms with Gasteiger partial charge in [-0.25, -0.2) is 20.3 Å². The van der Waals surface area contributed by atoms with Crippen LogP contribution in [0, 0.1) is 0 Å². The molecular formula is C14H22O10. The van der Waals surface area contributed by atoms with E-state index in [2.05, 4.69) is 22.9 Å². The third kappa shape index (κ3) is 8.72. The largest absolute Gasteiger partial charge is 0.461 e. The molecule has 24 heavy (non-hydrogen) atoms. The molecule has 0 aliphatic carbocycles. The number of hydrogen-bond donors (Lipinski definition) is 2. The summed E-state index contributed by atoms with van der Waals surface area (Å²) in [6.07, 6.45) is 1.55. The third-order valence-corrected chi connectivity index (χ3v) is 2.44. The van der Waals surface area contributed by atoms with Crippen molar-refractivity contribution in [1.82, 2.24) is 0 Å². The molecule has 0 saturated carbocycles. The highest BCUT2D eigenvalue weighted by molar-refractivity contribution is 5.70. The van der Waals surface area contributed by atoms with Gasteiger partial charge in [-0.3, -0.25) is 9.59 Å². The molecule has 0 spiro atoms. The van der Waals surface area contributed by atoms with Gasteiger partial charge in [0.05, 0.1) is 0 Å². The van der Waals surface area contributed by atoms with Gasteiger partial charge in [0.25, 0.3) is 0 Å². The van der Waals surface area contributed by atoms with Crippen LogP contribution in [0.2, 0.25) is 0 Å². The Morgan fingerprint density at radius 2 is 1.21 bits per heavy atom. The summed E-state index contributed by atoms with van der Waals surface area (Å²) in [5, 5.41) is 17.8. The number of esters is 2. The summed E-state index contributed by atoms with van der Waals surface area (Å²) in [7, 11) is 0. The fourth-order valence-electron chi connectivity index (χ4n) is 1.26. The van der Waals surface area contributed by atoms with E-state index in [0.717, 1.165) is 13.8 Å². The van der Waals surface area contributed by atoms with Crippen molar-refractivity contribution >= 4 is 11.9 Å². The van der Waals surface area contributed by atoms with Crippen LogP contribution in [0.5, 0.6) is 0 Å². The van der Waals surface area contributed by atoms with Crippen LogP contribution < -0.4 is 0 Å². The molecule has 0 aromatic heterocycles. The quantitative estimate of drug-likeness (QED) is 0.166. The summed E-state index contributed by atoms with van der Waals surface area (Å²) in [5.41, 5.74) is 0. The van der Waals surface area contributed by atoms with Crippen LogP contribution >= 0.6 is 0 Å². The highest BCUT2D eigenvalue weighted by atomic mass is 17.3. The van der Waals surface area contributed by atoms with Crippen molar-refractivity contribution in [1.29, 1.82) is 0 Å². The van der Waals surface area contributed by atoms with Crippen LogP contribution in [0.15, 0.2) is 25.3 Å². The average Bonchev–Trinajstić information content (AvgIpc) is 2.56. The fourth-order valence-corrected chi connectivity index (χ4v) is 1.26. The summed E-state index contributed by atoms with van der Waals surface area (Å²) in [4.78, 5) is 40.7. The predicted molar refractivity (Wildman–Crippen MR) is 78.0 cm³/mol. The first-order valence-corrected chi connectivity index (χ1v) is 6.79. The second-order valence-corrected chi connectivity index (χ2v) is 4.91. The maximum atomic E-state index is 11.5. The Kier molecular flexibility index (Phi) is 10.0. The highest BCUT2D eigenvalue weighted by Gasteiger charge is 2.39. The summed E-state index contributed by atoms with van der Waals surface area (Å²) >= 11 is 0. The molecule has 0 aliphatic rings. The first-order chi connectivity index (χ1) is 11.2. The number of ether oxygens (including phenoxy) is 2. The van der Waals surface area contributed by atoms with E-state index in [-0.39, 0.29) is 13.2 Å². The van der Waals surface area contributed by atoms with Gasteiger partial charge in [0.15, 0.2) is 0 Å². The predicted octanol–water partition coefficient (Wildman–Crippen LogP) is 1.58. The zero-order chi connectivity index (χ0) is 18.6. The molecule has 0 radical (unpaired) electrons. The fraction of sp³-hybridized carbons (Fsp3) is 0.571. The molecule has 2 unspecified atom stereocenters. The molecule has 0 rings (SSSR count). The molecule has 138 valence electrons. The minimum Gasteiger partial charge on any atom is -0.461 e. The molecule has 0 heterocycles. The SMILES string of the molecule is C=CCOC(=O)CC(C)(OO)OOC(C)(CC(=O)OCC=C)OO. The van der Waals surface area contributed by atoms with Gasteiger partial charge in [-0.05, 0) is 13.8 Å². The Hall–Kier alpha value is -1.82. The van der Waals surface area contributed by atoms with E-state index in [4.69, 9.17) is 29.8 Å². The smallest absolute Gasteiger partial charge is 0.311 e. The van der Waals surface area contributed by atoms with E-state index in [1.807, 2.05) is 0 Å². The molecule has 0 aliphatic heterocycles. The lowest BCUT2D eigenvalue weighted by atomic mass is 10.2. The van der Waals surface area contributed by atoms with Gasteiger partial charge in [0, 0.05) is 0 Å². The Labute approximate surface area is 138 Å². The molecular weight excluding hydrogens is 328 g/mol. The van der Waals surface area contributed by atoms with Gasteiger partial charge in [0.1, 0.15) is 26.1 Å². The van der Waals surface area contributed by atoms with E-state index in [1.165, 1.54) is 12.2 Å². The monoisotopic (exact) mass is 350 g/mol. The lowest BCUT2D eigenvalue weighted by Crippen LogP contribution is -2.42. The molecule has 0 aromatic carbocycles. The van der Waals surface area contributed by atoms with E-state index in [0.29, 0.717) is 0 Å². The number of hydrogen-bond acceptors (Lipinski definition) is 10. The summed E-state index contributed by atoms with van der Waals surface area (Å²) < 4.78 is 9.42. The molecule has 0 amide bonds. The van der Waals surface area contributed by atoms with Gasteiger partial charge in [-0.1, -0.05) is 25.3 Å². The van der Waals surface area contributed by atoms with Crippen LogP contribution in [0.25, 0.3) is 0 Å². The Morgan fingerprint density at radius 3 is 1.46 bits per heavy atom. The Bertz CT molecular complexity index is 397. The van der Waals surface area contributed by atoms with E-state index >= 15 is 0 Å². The standard InChI is InChI=1S/C14H22O10/c1-5-7-19-11(15)9-13(3,21-17)23-24-14(4,22-18)10-12(16)20-8-6-2/h5-6,17-18H,1-2,7-10H2,3-4H3. The number of rotatable bonds is 13. The second-order valence-electron chi connectivity index (χ2n) is 4.91. The van der Waals surface area contributed by atoms with E-state index in [9.17, 15) is 9.59 Å². The van der Waals surface area contributed by atoms with Crippen molar-refractivity contribution in [2.75, 3.05) is 13.2 Å². The van der Waals surface area contributed by atoms with Gasteiger partial charge >= 0.3 is 11.9 Å². The number of carbonyl (C=O) groups is 2. The van der Waals surface area contributed by atoms with Gasteiger partial charge in [-0.15, -0.1) is 0 Å². The van der Waals surface area contributed by atoms with Crippen LogP contribution in [-0.2, 0) is 38.6 Å².